The summed E-state index contributed by atoms with van der Waals surface area (Å²) in [5.41, 5.74) is 0.812. The summed E-state index contributed by atoms with van der Waals surface area (Å²) in [5, 5.41) is 2.24. The van der Waals surface area contributed by atoms with E-state index in [9.17, 15) is 18.0 Å². The van der Waals surface area contributed by atoms with Gasteiger partial charge in [-0.15, -0.1) is 0 Å². The van der Waals surface area contributed by atoms with Crippen LogP contribution >= 0.6 is 11.8 Å². The molecule has 3 heterocycles. The molecule has 0 saturated carbocycles. The first-order valence-electron chi connectivity index (χ1n) is 9.10. The van der Waals surface area contributed by atoms with E-state index in [-0.39, 0.29) is 16.0 Å². The number of carbonyl (C=O) groups is 2. The lowest BCUT2D eigenvalue weighted by Gasteiger charge is -2.25. The van der Waals surface area contributed by atoms with Gasteiger partial charge in [0, 0.05) is 26.2 Å². The fourth-order valence-corrected chi connectivity index (χ4v) is 5.38. The van der Waals surface area contributed by atoms with E-state index >= 15 is 0 Å². The molecule has 3 amide bonds. The molecular formula is C17H20N4O6S2. The molecule has 0 radical (unpaired) electrons. The van der Waals surface area contributed by atoms with Crippen molar-refractivity contribution in [3.63, 3.8) is 0 Å². The molecule has 4 rings (SSSR count). The highest BCUT2D eigenvalue weighted by Gasteiger charge is 2.31. The van der Waals surface area contributed by atoms with Crippen LogP contribution in [0.5, 0.6) is 0 Å². The average molecular weight is 441 g/mol. The Labute approximate surface area is 171 Å². The molecule has 12 heteroatoms. The monoisotopic (exact) mass is 440 g/mol. The Morgan fingerprint density at radius 2 is 2.03 bits per heavy atom. The van der Waals surface area contributed by atoms with Gasteiger partial charge in [-0.3, -0.25) is 9.69 Å². The van der Waals surface area contributed by atoms with Gasteiger partial charge in [0.05, 0.1) is 23.4 Å². The van der Waals surface area contributed by atoms with Crippen LogP contribution in [0.2, 0.25) is 0 Å². The number of thioether (sulfide) groups is 1. The van der Waals surface area contributed by atoms with Crippen LogP contribution in [0.3, 0.4) is 0 Å². The number of morpholine rings is 1. The second kappa shape index (κ2) is 7.94. The summed E-state index contributed by atoms with van der Waals surface area (Å²) in [6.45, 7) is 3.79. The maximum atomic E-state index is 12.8. The number of nitrogens with one attached hydrogen (secondary N) is 1. The first kappa shape index (κ1) is 20.1. The lowest BCUT2D eigenvalue weighted by atomic mass is 10.3. The molecular weight excluding hydrogens is 420 g/mol. The maximum Gasteiger partial charge on any atom is 0.324 e. The van der Waals surface area contributed by atoms with E-state index in [4.69, 9.17) is 9.15 Å². The first-order chi connectivity index (χ1) is 13.9. The average Bonchev–Trinajstić information content (AvgIpc) is 3.32. The molecule has 2 aliphatic rings. The van der Waals surface area contributed by atoms with Gasteiger partial charge in [-0.05, 0) is 25.1 Å². The molecule has 2 aliphatic heterocycles. The van der Waals surface area contributed by atoms with Crippen LogP contribution in [0.25, 0.3) is 11.1 Å². The molecule has 0 unspecified atom stereocenters. The number of rotatable bonds is 5. The molecule has 2 saturated heterocycles. The van der Waals surface area contributed by atoms with Crippen LogP contribution in [-0.2, 0) is 19.6 Å². The minimum absolute atomic E-state index is 0.134. The van der Waals surface area contributed by atoms with Crippen molar-refractivity contribution < 1.29 is 27.2 Å². The lowest BCUT2D eigenvalue weighted by Crippen LogP contribution is -2.40. The third kappa shape index (κ3) is 3.97. The summed E-state index contributed by atoms with van der Waals surface area (Å²) in [7, 11) is -3.64. The number of ether oxygens (including phenoxy) is 1. The van der Waals surface area contributed by atoms with Crippen molar-refractivity contribution in [1.82, 2.24) is 19.5 Å². The summed E-state index contributed by atoms with van der Waals surface area (Å²) < 4.78 is 37.8. The van der Waals surface area contributed by atoms with Gasteiger partial charge in [0.2, 0.25) is 15.9 Å². The number of carbonyl (C=O) groups excluding carboxylic acids is 2. The van der Waals surface area contributed by atoms with E-state index in [1.54, 1.807) is 13.0 Å². The molecule has 0 bridgehead atoms. The van der Waals surface area contributed by atoms with Crippen LogP contribution in [0.4, 0.5) is 4.79 Å². The van der Waals surface area contributed by atoms with Crippen molar-refractivity contribution in [2.45, 2.75) is 22.3 Å². The zero-order valence-electron chi connectivity index (χ0n) is 15.7. The number of fused-ring (bicyclic) bond motifs is 1. The number of sulfonamides is 1. The summed E-state index contributed by atoms with van der Waals surface area (Å²) in [6.07, 6.45) is 0. The van der Waals surface area contributed by atoms with Gasteiger partial charge in [0.15, 0.2) is 5.58 Å². The largest absolute Gasteiger partial charge is 0.431 e. The van der Waals surface area contributed by atoms with E-state index in [1.807, 2.05) is 0 Å². The van der Waals surface area contributed by atoms with Crippen LogP contribution in [-0.4, -0.2) is 79.2 Å². The van der Waals surface area contributed by atoms with Crippen molar-refractivity contribution in [2.24, 2.45) is 0 Å². The van der Waals surface area contributed by atoms with Gasteiger partial charge < -0.3 is 14.5 Å². The molecule has 1 aromatic carbocycles. The van der Waals surface area contributed by atoms with Crippen molar-refractivity contribution in [2.75, 3.05) is 39.4 Å². The van der Waals surface area contributed by atoms with Gasteiger partial charge in [0.1, 0.15) is 5.52 Å². The number of oxazole rings is 1. The Kier molecular flexibility index (Phi) is 5.51. The van der Waals surface area contributed by atoms with Gasteiger partial charge in [-0.25, -0.2) is 18.2 Å². The van der Waals surface area contributed by atoms with E-state index in [2.05, 4.69) is 10.3 Å². The van der Waals surface area contributed by atoms with E-state index in [1.165, 1.54) is 16.4 Å². The number of nitrogens with zero attached hydrogens (tertiary/aromatic N) is 3. The van der Waals surface area contributed by atoms with Crippen molar-refractivity contribution in [1.29, 1.82) is 0 Å². The number of hydrogen-bond donors (Lipinski definition) is 1. The highest BCUT2D eigenvalue weighted by Crippen LogP contribution is 2.29. The van der Waals surface area contributed by atoms with Crippen molar-refractivity contribution in [3.05, 3.63) is 18.2 Å². The highest BCUT2D eigenvalue weighted by molar-refractivity contribution is 8.00. The van der Waals surface area contributed by atoms with Crippen molar-refractivity contribution >= 4 is 44.8 Å². The first-order valence-corrected chi connectivity index (χ1v) is 11.4. The topological polar surface area (TPSA) is 122 Å². The zero-order chi connectivity index (χ0) is 20.6. The van der Waals surface area contributed by atoms with Crippen LogP contribution in [0.15, 0.2) is 32.7 Å². The molecule has 2 aromatic rings. The predicted octanol–water partition coefficient (Wildman–Crippen LogP) is 0.881. The Morgan fingerprint density at radius 1 is 1.28 bits per heavy atom. The van der Waals surface area contributed by atoms with Gasteiger partial charge in [-0.1, -0.05) is 11.8 Å². The molecule has 1 atom stereocenters. The summed E-state index contributed by atoms with van der Waals surface area (Å²) in [6, 6.07) is 4.10. The van der Waals surface area contributed by atoms with Gasteiger partial charge >= 0.3 is 6.03 Å². The molecule has 156 valence electrons. The number of benzene rings is 1. The van der Waals surface area contributed by atoms with Gasteiger partial charge in [-0.2, -0.15) is 4.31 Å². The smallest absolute Gasteiger partial charge is 0.324 e. The van der Waals surface area contributed by atoms with Crippen molar-refractivity contribution in [3.8, 4) is 0 Å². The standard InChI is InChI=1S/C17H20N4O6S2/c1-11(15(22)21-5-4-18-16(21)23)28-17-19-13-10-12(2-3-14(13)27-17)29(24,25)20-6-8-26-9-7-20/h2-3,10-11H,4-9H2,1H3,(H,18,23)/t11-/m0/s1. The fraction of sp³-hybridized carbons (Fsp3) is 0.471. The summed E-state index contributed by atoms with van der Waals surface area (Å²) in [5.74, 6) is -0.331. The number of amides is 3. The maximum absolute atomic E-state index is 12.8. The molecule has 0 aliphatic carbocycles. The van der Waals surface area contributed by atoms with Crippen LogP contribution in [0, 0.1) is 0 Å². The number of urea groups is 1. The lowest BCUT2D eigenvalue weighted by molar-refractivity contribution is -0.126. The fourth-order valence-electron chi connectivity index (χ4n) is 3.14. The van der Waals surface area contributed by atoms with Gasteiger partial charge in [0.25, 0.3) is 5.22 Å². The molecule has 1 N–H and O–H groups in total. The Bertz CT molecular complexity index is 1050. The Balaban J connectivity index is 1.52. The third-order valence-corrected chi connectivity index (χ3v) is 7.52. The van der Waals surface area contributed by atoms with E-state index in [0.29, 0.717) is 50.5 Å². The second-order valence-corrected chi connectivity index (χ2v) is 9.84. The predicted molar refractivity (Wildman–Crippen MR) is 104 cm³/mol. The second-order valence-electron chi connectivity index (χ2n) is 6.61. The molecule has 1 aromatic heterocycles. The Hall–Kier alpha value is -2.15. The minimum Gasteiger partial charge on any atom is -0.431 e. The Morgan fingerprint density at radius 3 is 2.72 bits per heavy atom. The zero-order valence-corrected chi connectivity index (χ0v) is 17.3. The molecule has 0 spiro atoms. The highest BCUT2D eigenvalue weighted by atomic mass is 32.2. The molecule has 10 nitrogen and oxygen atoms in total. The van der Waals surface area contributed by atoms with E-state index < -0.39 is 21.3 Å². The number of imide groups is 1. The number of hydrogen-bond acceptors (Lipinski definition) is 8. The third-order valence-electron chi connectivity index (χ3n) is 4.70. The van der Waals surface area contributed by atoms with Crippen LogP contribution < -0.4 is 5.32 Å². The summed E-state index contributed by atoms with van der Waals surface area (Å²) >= 11 is 1.08. The SMILES string of the molecule is C[C@H](Sc1nc2cc(S(=O)(=O)N3CCOCC3)ccc2o1)C(=O)N1CCNC1=O. The molecule has 2 fully saturated rings. The minimum atomic E-state index is -3.64. The van der Waals surface area contributed by atoms with E-state index in [0.717, 1.165) is 16.7 Å². The molecule has 29 heavy (non-hydrogen) atoms. The summed E-state index contributed by atoms with van der Waals surface area (Å²) in [4.78, 5) is 29.7. The number of aromatic nitrogens is 1. The quantitative estimate of drug-likeness (QED) is 0.680. The normalized spacial score (nSPS) is 19.5. The van der Waals surface area contributed by atoms with Crippen LogP contribution in [0.1, 0.15) is 6.92 Å².